The van der Waals surface area contributed by atoms with Crippen LogP contribution < -0.4 is 4.90 Å². The minimum atomic E-state index is -3.50. The van der Waals surface area contributed by atoms with Gasteiger partial charge in [0, 0.05) is 30.1 Å². The first-order chi connectivity index (χ1) is 15.2. The van der Waals surface area contributed by atoms with Crippen molar-refractivity contribution in [3.63, 3.8) is 0 Å². The summed E-state index contributed by atoms with van der Waals surface area (Å²) in [5, 5.41) is 11.4. The molecule has 4 aromatic rings. The average Bonchev–Trinajstić information content (AvgIpc) is 3.20. The van der Waals surface area contributed by atoms with Crippen LogP contribution >= 0.6 is 11.3 Å². The van der Waals surface area contributed by atoms with E-state index >= 15 is 0 Å². The van der Waals surface area contributed by atoms with E-state index in [1.165, 1.54) is 47.4 Å². The third-order valence-electron chi connectivity index (χ3n) is 4.60. The Morgan fingerprint density at radius 3 is 2.62 bits per heavy atom. The summed E-state index contributed by atoms with van der Waals surface area (Å²) in [4.78, 5) is 34.2. The molecule has 0 aliphatic carbocycles. The molecular formula is C21H16N4O5S2. The van der Waals surface area contributed by atoms with Crippen LogP contribution in [0, 0.1) is 10.1 Å². The van der Waals surface area contributed by atoms with Crippen LogP contribution in [0.1, 0.15) is 16.1 Å². The summed E-state index contributed by atoms with van der Waals surface area (Å²) >= 11 is 1.13. The number of hydrogen-bond acceptors (Lipinski definition) is 8. The molecule has 0 spiro atoms. The number of carbonyl (C=O) groups excluding carboxylic acids is 1. The number of amides is 1. The van der Waals surface area contributed by atoms with Gasteiger partial charge in [0.05, 0.1) is 32.3 Å². The zero-order valence-corrected chi connectivity index (χ0v) is 18.3. The lowest BCUT2D eigenvalue weighted by Crippen LogP contribution is -2.30. The maximum Gasteiger partial charge on any atom is 0.270 e. The number of pyridine rings is 1. The Morgan fingerprint density at radius 2 is 1.94 bits per heavy atom. The Morgan fingerprint density at radius 1 is 1.12 bits per heavy atom. The van der Waals surface area contributed by atoms with Crippen LogP contribution in [0.15, 0.2) is 71.8 Å². The number of nitrogens with zero attached hydrogens (tertiary/aromatic N) is 4. The second kappa shape index (κ2) is 8.44. The molecule has 11 heteroatoms. The smallest absolute Gasteiger partial charge is 0.270 e. The molecule has 0 radical (unpaired) electrons. The number of aromatic nitrogens is 2. The predicted molar refractivity (Wildman–Crippen MR) is 121 cm³/mol. The Hall–Kier alpha value is -3.70. The number of non-ortho nitro benzene ring substituents is 1. The number of carbonyl (C=O) groups is 1. The Labute approximate surface area is 187 Å². The van der Waals surface area contributed by atoms with E-state index in [2.05, 4.69) is 9.97 Å². The number of hydrogen-bond donors (Lipinski definition) is 0. The minimum Gasteiger partial charge on any atom is -0.278 e. The molecule has 0 aliphatic rings. The molecule has 0 bridgehead atoms. The Kier molecular flexibility index (Phi) is 5.68. The van der Waals surface area contributed by atoms with Crippen LogP contribution in [0.25, 0.3) is 10.2 Å². The van der Waals surface area contributed by atoms with Crippen molar-refractivity contribution in [2.75, 3.05) is 11.2 Å². The molecule has 9 nitrogen and oxygen atoms in total. The van der Waals surface area contributed by atoms with Crippen LogP contribution in [-0.4, -0.2) is 35.5 Å². The highest BCUT2D eigenvalue weighted by Gasteiger charge is 2.24. The van der Waals surface area contributed by atoms with Gasteiger partial charge in [0.2, 0.25) is 0 Å². The zero-order valence-electron chi connectivity index (χ0n) is 16.7. The number of benzene rings is 2. The molecule has 0 unspecified atom stereocenters. The number of rotatable bonds is 6. The Bertz CT molecular complexity index is 1440. The molecule has 32 heavy (non-hydrogen) atoms. The number of sulfone groups is 1. The standard InChI is InChI=1S/C21H16N4O5S2/c1-32(29,30)17-7-4-5-14(11-17)20(26)24(13-15-6-2-3-10-22-15)21-23-18-9-8-16(25(27)28)12-19(18)31-21/h2-12H,13H2,1H3. The summed E-state index contributed by atoms with van der Waals surface area (Å²) in [7, 11) is -3.50. The van der Waals surface area contributed by atoms with Gasteiger partial charge < -0.3 is 0 Å². The van der Waals surface area contributed by atoms with E-state index in [0.717, 1.165) is 17.6 Å². The predicted octanol–water partition coefficient (Wildman–Crippen LogP) is 3.85. The fourth-order valence-corrected chi connectivity index (χ4v) is 4.69. The van der Waals surface area contributed by atoms with Gasteiger partial charge in [-0.25, -0.2) is 13.4 Å². The van der Waals surface area contributed by atoms with Crippen molar-refractivity contribution in [1.82, 2.24) is 9.97 Å². The summed E-state index contributed by atoms with van der Waals surface area (Å²) < 4.78 is 24.4. The molecule has 2 aromatic carbocycles. The zero-order chi connectivity index (χ0) is 22.9. The van der Waals surface area contributed by atoms with Gasteiger partial charge in [-0.2, -0.15) is 0 Å². The summed E-state index contributed by atoms with van der Waals surface area (Å²) in [6.45, 7) is 0.0880. The van der Waals surface area contributed by atoms with Crippen molar-refractivity contribution >= 4 is 48.1 Å². The van der Waals surface area contributed by atoms with E-state index < -0.39 is 20.7 Å². The van der Waals surface area contributed by atoms with Gasteiger partial charge in [0.15, 0.2) is 15.0 Å². The van der Waals surface area contributed by atoms with Crippen LogP contribution in [0.4, 0.5) is 10.8 Å². The van der Waals surface area contributed by atoms with Gasteiger partial charge in [-0.1, -0.05) is 23.5 Å². The topological polar surface area (TPSA) is 123 Å². The molecule has 4 rings (SSSR count). The number of nitro benzene ring substituents is 1. The number of nitro groups is 1. The highest BCUT2D eigenvalue weighted by Crippen LogP contribution is 2.33. The van der Waals surface area contributed by atoms with Crippen LogP contribution in [0.2, 0.25) is 0 Å². The van der Waals surface area contributed by atoms with E-state index in [1.54, 1.807) is 24.4 Å². The van der Waals surface area contributed by atoms with E-state index in [0.29, 0.717) is 21.0 Å². The number of thiazole rings is 1. The van der Waals surface area contributed by atoms with Crippen molar-refractivity contribution in [3.05, 3.63) is 88.2 Å². The number of anilines is 1. The summed E-state index contributed by atoms with van der Waals surface area (Å²) in [6, 6.07) is 15.4. The molecule has 2 aromatic heterocycles. The van der Waals surface area contributed by atoms with Crippen molar-refractivity contribution in [2.24, 2.45) is 0 Å². The fourth-order valence-electron chi connectivity index (χ4n) is 3.03. The molecule has 0 saturated carbocycles. The molecule has 0 atom stereocenters. The lowest BCUT2D eigenvalue weighted by Gasteiger charge is -2.20. The second-order valence-corrected chi connectivity index (χ2v) is 9.94. The maximum absolute atomic E-state index is 13.4. The third-order valence-corrected chi connectivity index (χ3v) is 6.75. The minimum absolute atomic E-state index is 0.0288. The van der Waals surface area contributed by atoms with Gasteiger partial charge in [0.25, 0.3) is 11.6 Å². The van der Waals surface area contributed by atoms with Crippen molar-refractivity contribution in [2.45, 2.75) is 11.4 Å². The van der Waals surface area contributed by atoms with Crippen LogP contribution in [-0.2, 0) is 16.4 Å². The second-order valence-electron chi connectivity index (χ2n) is 6.92. The fraction of sp³-hybridized carbons (Fsp3) is 0.0952. The number of fused-ring (bicyclic) bond motifs is 1. The molecule has 0 N–H and O–H groups in total. The summed E-state index contributed by atoms with van der Waals surface area (Å²) in [5.74, 6) is -0.463. The molecule has 162 valence electrons. The van der Waals surface area contributed by atoms with Gasteiger partial charge in [-0.15, -0.1) is 0 Å². The average molecular weight is 469 g/mol. The molecule has 0 fully saturated rings. The van der Waals surface area contributed by atoms with Crippen LogP contribution in [0.3, 0.4) is 0 Å². The van der Waals surface area contributed by atoms with Gasteiger partial charge >= 0.3 is 0 Å². The van der Waals surface area contributed by atoms with E-state index in [9.17, 15) is 23.3 Å². The lowest BCUT2D eigenvalue weighted by atomic mass is 10.2. The first-order valence-electron chi connectivity index (χ1n) is 9.29. The van der Waals surface area contributed by atoms with E-state index in [-0.39, 0.29) is 22.7 Å². The lowest BCUT2D eigenvalue weighted by molar-refractivity contribution is -0.384. The molecule has 1 amide bonds. The normalized spacial score (nSPS) is 11.4. The van der Waals surface area contributed by atoms with Crippen LogP contribution in [0.5, 0.6) is 0 Å². The first-order valence-corrected chi connectivity index (χ1v) is 12.0. The maximum atomic E-state index is 13.4. The third kappa shape index (κ3) is 4.48. The monoisotopic (exact) mass is 468 g/mol. The van der Waals surface area contributed by atoms with Gasteiger partial charge in [-0.3, -0.25) is 24.8 Å². The van der Waals surface area contributed by atoms with Crippen molar-refractivity contribution in [3.8, 4) is 0 Å². The van der Waals surface area contributed by atoms with Gasteiger partial charge in [-0.05, 0) is 36.4 Å². The quantitative estimate of drug-likeness (QED) is 0.311. The van der Waals surface area contributed by atoms with Gasteiger partial charge in [0.1, 0.15) is 0 Å². The van der Waals surface area contributed by atoms with Crippen molar-refractivity contribution in [1.29, 1.82) is 0 Å². The Balaban J connectivity index is 1.80. The largest absolute Gasteiger partial charge is 0.278 e. The molecule has 0 aliphatic heterocycles. The highest BCUT2D eigenvalue weighted by molar-refractivity contribution is 7.90. The SMILES string of the molecule is CS(=O)(=O)c1cccc(C(=O)N(Cc2ccccn2)c2nc3ccc([N+](=O)[O-])cc3s2)c1. The van der Waals surface area contributed by atoms with E-state index in [1.807, 2.05) is 0 Å². The highest BCUT2D eigenvalue weighted by atomic mass is 32.2. The van der Waals surface area contributed by atoms with E-state index in [4.69, 9.17) is 0 Å². The first kappa shape index (κ1) is 21.5. The van der Waals surface area contributed by atoms with Crippen molar-refractivity contribution < 1.29 is 18.1 Å². The molecule has 0 saturated heterocycles. The molecule has 2 heterocycles. The molecular weight excluding hydrogens is 452 g/mol. The summed E-state index contributed by atoms with van der Waals surface area (Å²) in [6.07, 6.45) is 2.67. The summed E-state index contributed by atoms with van der Waals surface area (Å²) in [5.41, 5.74) is 1.22.